The van der Waals surface area contributed by atoms with Crippen LogP contribution in [-0.2, 0) is 22.2 Å². The highest BCUT2D eigenvalue weighted by atomic mass is 32.2. The first-order valence-corrected chi connectivity index (χ1v) is 12.0. The molecule has 10 nitrogen and oxygen atoms in total. The minimum absolute atomic E-state index is 0.0468. The lowest BCUT2D eigenvalue weighted by molar-refractivity contribution is -0.384. The van der Waals surface area contributed by atoms with E-state index in [0.717, 1.165) is 5.56 Å². The number of fused-ring (bicyclic) bond motifs is 1. The number of nitro benzene ring substituents is 1. The van der Waals surface area contributed by atoms with Crippen molar-refractivity contribution in [2.75, 3.05) is 6.54 Å². The van der Waals surface area contributed by atoms with Crippen LogP contribution in [-0.4, -0.2) is 39.7 Å². The van der Waals surface area contributed by atoms with Gasteiger partial charge in [0.2, 0.25) is 10.0 Å². The third-order valence-corrected chi connectivity index (χ3v) is 6.97. The molecule has 32 heavy (non-hydrogen) atoms. The minimum atomic E-state index is -3.60. The number of non-ortho nitro benzene ring substituents is 1. The van der Waals surface area contributed by atoms with Crippen molar-refractivity contribution in [3.63, 3.8) is 0 Å². The molecule has 12 heteroatoms. The first-order chi connectivity index (χ1) is 15.4. The standard InChI is InChI=1S/C20H18N6O4S2/c27-26(28)16-6-4-5-15(13-16)14-31-20-10-9-18-22-23-19(25(18)24-20)11-12-21-32(29,30)17-7-2-1-3-8-17/h1-10,13,21H,11-12,14H2. The number of hydrogen-bond donors (Lipinski definition) is 1. The van der Waals surface area contributed by atoms with Crippen LogP contribution in [0, 0.1) is 10.1 Å². The number of thioether (sulfide) groups is 1. The maximum absolute atomic E-state index is 12.3. The van der Waals surface area contributed by atoms with Crippen molar-refractivity contribution in [1.82, 2.24) is 24.5 Å². The Morgan fingerprint density at radius 3 is 2.62 bits per heavy atom. The van der Waals surface area contributed by atoms with Gasteiger partial charge in [0.25, 0.3) is 5.69 Å². The highest BCUT2D eigenvalue weighted by Gasteiger charge is 2.14. The Labute approximate surface area is 187 Å². The molecule has 1 N–H and O–H groups in total. The fourth-order valence-electron chi connectivity index (χ4n) is 2.95. The topological polar surface area (TPSA) is 132 Å². The van der Waals surface area contributed by atoms with Crippen LogP contribution < -0.4 is 4.72 Å². The van der Waals surface area contributed by atoms with E-state index >= 15 is 0 Å². The summed E-state index contributed by atoms with van der Waals surface area (Å²) in [6.07, 6.45) is 0.305. The predicted molar refractivity (Wildman–Crippen MR) is 119 cm³/mol. The third kappa shape index (κ3) is 5.10. The van der Waals surface area contributed by atoms with Crippen molar-refractivity contribution in [2.45, 2.75) is 22.1 Å². The summed E-state index contributed by atoms with van der Waals surface area (Å²) in [5.41, 5.74) is 1.40. The van der Waals surface area contributed by atoms with Crippen LogP contribution in [0.3, 0.4) is 0 Å². The normalized spacial score (nSPS) is 11.6. The third-order valence-electron chi connectivity index (χ3n) is 4.51. The number of aromatic nitrogens is 4. The summed E-state index contributed by atoms with van der Waals surface area (Å²) in [5, 5.41) is 24.3. The van der Waals surface area contributed by atoms with Crippen molar-refractivity contribution >= 4 is 33.1 Å². The maximum Gasteiger partial charge on any atom is 0.269 e. The van der Waals surface area contributed by atoms with E-state index in [4.69, 9.17) is 0 Å². The average Bonchev–Trinajstić information content (AvgIpc) is 3.20. The van der Waals surface area contributed by atoms with Crippen molar-refractivity contribution in [2.24, 2.45) is 0 Å². The molecule has 0 aliphatic rings. The Kier molecular flexibility index (Phi) is 6.44. The van der Waals surface area contributed by atoms with Crippen LogP contribution in [0.1, 0.15) is 11.4 Å². The Hall–Kier alpha value is -3.35. The molecule has 0 saturated carbocycles. The Morgan fingerprint density at radius 1 is 1.03 bits per heavy atom. The van der Waals surface area contributed by atoms with Gasteiger partial charge in [-0.05, 0) is 29.8 Å². The number of benzene rings is 2. The second-order valence-electron chi connectivity index (χ2n) is 6.73. The molecule has 2 heterocycles. The molecular weight excluding hydrogens is 452 g/mol. The smallest absolute Gasteiger partial charge is 0.258 e. The van der Waals surface area contributed by atoms with Crippen molar-refractivity contribution < 1.29 is 13.3 Å². The van der Waals surface area contributed by atoms with Gasteiger partial charge in [-0.25, -0.2) is 13.1 Å². The second-order valence-corrected chi connectivity index (χ2v) is 9.50. The summed E-state index contributed by atoms with van der Waals surface area (Å²) in [6.45, 7) is 0.144. The molecule has 0 bridgehead atoms. The average molecular weight is 471 g/mol. The number of nitro groups is 1. The molecule has 0 atom stereocenters. The summed E-state index contributed by atoms with van der Waals surface area (Å²) in [4.78, 5) is 10.7. The lowest BCUT2D eigenvalue weighted by Gasteiger charge is -2.06. The van der Waals surface area contributed by atoms with E-state index in [0.29, 0.717) is 28.7 Å². The number of rotatable bonds is 9. The number of nitrogens with zero attached hydrogens (tertiary/aromatic N) is 5. The van der Waals surface area contributed by atoms with Crippen molar-refractivity contribution in [1.29, 1.82) is 0 Å². The van der Waals surface area contributed by atoms with Gasteiger partial charge in [0.1, 0.15) is 5.03 Å². The van der Waals surface area contributed by atoms with Crippen LogP contribution in [0.2, 0.25) is 0 Å². The molecule has 0 radical (unpaired) electrons. The van der Waals surface area contributed by atoms with Gasteiger partial charge in [-0.2, -0.15) is 9.61 Å². The van der Waals surface area contributed by atoms with Crippen LogP contribution in [0.5, 0.6) is 0 Å². The van der Waals surface area contributed by atoms with E-state index in [1.54, 1.807) is 40.9 Å². The van der Waals surface area contributed by atoms with E-state index < -0.39 is 14.9 Å². The first-order valence-electron chi connectivity index (χ1n) is 9.54. The van der Waals surface area contributed by atoms with Gasteiger partial charge in [0, 0.05) is 30.9 Å². The van der Waals surface area contributed by atoms with Gasteiger partial charge in [-0.15, -0.1) is 10.2 Å². The minimum Gasteiger partial charge on any atom is -0.258 e. The summed E-state index contributed by atoms with van der Waals surface area (Å²) in [7, 11) is -3.60. The van der Waals surface area contributed by atoms with Crippen molar-refractivity contribution in [3.05, 3.63) is 88.2 Å². The number of sulfonamides is 1. The molecule has 0 saturated heterocycles. The molecule has 4 aromatic rings. The highest BCUT2D eigenvalue weighted by Crippen LogP contribution is 2.23. The van der Waals surface area contributed by atoms with Gasteiger partial charge in [-0.3, -0.25) is 10.1 Å². The zero-order valence-corrected chi connectivity index (χ0v) is 18.3. The van der Waals surface area contributed by atoms with E-state index in [9.17, 15) is 18.5 Å². The summed E-state index contributed by atoms with van der Waals surface area (Å²) in [6, 6.07) is 18.2. The van der Waals surface area contributed by atoms with Gasteiger partial charge >= 0.3 is 0 Å². The molecule has 2 aromatic heterocycles. The largest absolute Gasteiger partial charge is 0.269 e. The molecule has 4 rings (SSSR count). The van der Waals surface area contributed by atoms with Gasteiger partial charge in [-0.1, -0.05) is 42.1 Å². The molecule has 0 spiro atoms. The van der Waals surface area contributed by atoms with Gasteiger partial charge in [0.15, 0.2) is 11.5 Å². The first kappa shape index (κ1) is 21.9. The molecular formula is C20H18N6O4S2. The number of nitrogens with one attached hydrogen (secondary N) is 1. The zero-order chi connectivity index (χ0) is 22.6. The predicted octanol–water partition coefficient (Wildman–Crippen LogP) is 2.85. The van der Waals surface area contributed by atoms with Crippen LogP contribution >= 0.6 is 11.8 Å². The van der Waals surface area contributed by atoms with Crippen LogP contribution in [0.25, 0.3) is 5.65 Å². The molecule has 0 amide bonds. The highest BCUT2D eigenvalue weighted by molar-refractivity contribution is 7.98. The summed E-state index contributed by atoms with van der Waals surface area (Å²) in [5.74, 6) is 1.03. The quantitative estimate of drug-likeness (QED) is 0.224. The van der Waals surface area contributed by atoms with Crippen LogP contribution in [0.15, 0.2) is 76.7 Å². The van der Waals surface area contributed by atoms with Gasteiger partial charge < -0.3 is 0 Å². The summed E-state index contributed by atoms with van der Waals surface area (Å²) >= 11 is 1.42. The molecule has 0 aliphatic heterocycles. The fraction of sp³-hybridized carbons (Fsp3) is 0.150. The van der Waals surface area contributed by atoms with E-state index in [1.807, 2.05) is 6.07 Å². The van der Waals surface area contributed by atoms with Crippen molar-refractivity contribution in [3.8, 4) is 0 Å². The molecule has 0 aliphatic carbocycles. The molecule has 0 fully saturated rings. The van der Waals surface area contributed by atoms with E-state index in [-0.39, 0.29) is 17.1 Å². The van der Waals surface area contributed by atoms with Gasteiger partial charge in [0.05, 0.1) is 9.82 Å². The SMILES string of the molecule is O=[N+]([O-])c1cccc(CSc2ccc3nnc(CCNS(=O)(=O)c4ccccc4)n3n2)c1. The number of hydrogen-bond acceptors (Lipinski definition) is 8. The zero-order valence-electron chi connectivity index (χ0n) is 16.7. The Morgan fingerprint density at radius 2 is 1.84 bits per heavy atom. The monoisotopic (exact) mass is 470 g/mol. The van der Waals surface area contributed by atoms with E-state index in [1.165, 1.54) is 36.0 Å². The van der Waals surface area contributed by atoms with Crippen LogP contribution in [0.4, 0.5) is 5.69 Å². The fourth-order valence-corrected chi connectivity index (χ4v) is 4.80. The maximum atomic E-state index is 12.3. The summed E-state index contributed by atoms with van der Waals surface area (Å²) < 4.78 is 28.8. The second kappa shape index (κ2) is 9.42. The molecule has 2 aromatic carbocycles. The lowest BCUT2D eigenvalue weighted by Crippen LogP contribution is -2.26. The molecule has 0 unspecified atom stereocenters. The Balaban J connectivity index is 1.42. The Bertz CT molecular complexity index is 1360. The van der Waals surface area contributed by atoms with E-state index in [2.05, 4.69) is 20.0 Å². The molecule has 164 valence electrons. The lowest BCUT2D eigenvalue weighted by atomic mass is 10.2.